The Kier molecular flexibility index (Phi) is 6.60. The van der Waals surface area contributed by atoms with Crippen molar-refractivity contribution in [3.8, 4) is 11.3 Å². The van der Waals surface area contributed by atoms with Gasteiger partial charge in [0.2, 0.25) is 0 Å². The number of carbonyl (C=O) groups is 1. The Morgan fingerprint density at radius 3 is 2.69 bits per heavy atom. The summed E-state index contributed by atoms with van der Waals surface area (Å²) in [6.45, 7) is 7.27. The van der Waals surface area contributed by atoms with E-state index in [1.54, 1.807) is 11.6 Å². The smallest absolute Gasteiger partial charge is 0.345 e. The van der Waals surface area contributed by atoms with E-state index < -0.39 is 0 Å². The van der Waals surface area contributed by atoms with Crippen LogP contribution in [0.4, 0.5) is 0 Å². The Morgan fingerprint density at radius 1 is 1.22 bits per heavy atom. The van der Waals surface area contributed by atoms with E-state index in [4.69, 9.17) is 4.42 Å². The van der Waals surface area contributed by atoms with Crippen LogP contribution in [0.2, 0.25) is 0 Å². The highest BCUT2D eigenvalue weighted by molar-refractivity contribution is 6.00. The Bertz CT molecular complexity index is 1120. The number of amides is 1. The molecule has 1 N–H and O–H groups in total. The van der Waals surface area contributed by atoms with Crippen LogP contribution in [0, 0.1) is 0 Å². The zero-order chi connectivity index (χ0) is 22.7. The van der Waals surface area contributed by atoms with Gasteiger partial charge in [-0.05, 0) is 32.0 Å². The predicted octanol–water partition coefficient (Wildman–Crippen LogP) is 2.82. The summed E-state index contributed by atoms with van der Waals surface area (Å²) >= 11 is 0. The fraction of sp³-hybridized carbons (Fsp3) is 0.458. The third-order valence-electron chi connectivity index (χ3n) is 6.18. The zero-order valence-electron chi connectivity index (χ0n) is 19.0. The monoisotopic (exact) mass is 437 g/mol. The molecule has 4 rings (SSSR count). The first-order valence-electron chi connectivity index (χ1n) is 11.3. The van der Waals surface area contributed by atoms with Crippen LogP contribution in [0.1, 0.15) is 48.6 Å². The number of fused-ring (bicyclic) bond motifs is 1. The molecular weight excluding hydrogens is 406 g/mol. The number of hydrogen-bond donors (Lipinski definition) is 1. The normalized spacial score (nSPS) is 16.1. The van der Waals surface area contributed by atoms with Crippen molar-refractivity contribution in [3.05, 3.63) is 64.0 Å². The van der Waals surface area contributed by atoms with Gasteiger partial charge in [-0.15, -0.1) is 0 Å². The van der Waals surface area contributed by atoms with Crippen molar-refractivity contribution >= 4 is 5.91 Å². The van der Waals surface area contributed by atoms with Crippen LogP contribution in [0.3, 0.4) is 0 Å². The number of aromatic nitrogens is 3. The minimum absolute atomic E-state index is 0.0290. The first-order valence-corrected chi connectivity index (χ1v) is 11.3. The van der Waals surface area contributed by atoms with Crippen molar-refractivity contribution in [2.45, 2.75) is 52.2 Å². The van der Waals surface area contributed by atoms with Gasteiger partial charge >= 0.3 is 5.69 Å². The minimum Gasteiger partial charge on any atom is -0.459 e. The van der Waals surface area contributed by atoms with Gasteiger partial charge in [-0.25, -0.2) is 9.48 Å². The molecule has 2 aromatic heterocycles. The zero-order valence-corrected chi connectivity index (χ0v) is 19.0. The lowest BCUT2D eigenvalue weighted by Gasteiger charge is -2.16. The fourth-order valence-corrected chi connectivity index (χ4v) is 4.26. The van der Waals surface area contributed by atoms with Gasteiger partial charge in [0.05, 0.1) is 12.1 Å². The lowest BCUT2D eigenvalue weighted by Crippen LogP contribution is -2.35. The molecular formula is C24H31N5O3. The maximum absolute atomic E-state index is 13.3. The van der Waals surface area contributed by atoms with Gasteiger partial charge in [0.15, 0.2) is 0 Å². The number of carbonyl (C=O) groups excluding carboxylic acids is 1. The van der Waals surface area contributed by atoms with Gasteiger partial charge in [-0.1, -0.05) is 44.2 Å². The first-order chi connectivity index (χ1) is 15.5. The molecule has 0 saturated carbocycles. The number of nitrogens with one attached hydrogen (secondary N) is 1. The van der Waals surface area contributed by atoms with Crippen molar-refractivity contribution in [1.29, 1.82) is 0 Å². The fourth-order valence-electron chi connectivity index (χ4n) is 4.26. The molecule has 1 aliphatic rings. The van der Waals surface area contributed by atoms with E-state index in [9.17, 15) is 9.59 Å². The van der Waals surface area contributed by atoms with Crippen LogP contribution >= 0.6 is 0 Å². The Labute approximate surface area is 187 Å². The highest BCUT2D eigenvalue weighted by atomic mass is 16.3. The second-order valence-electron chi connectivity index (χ2n) is 8.25. The SMILES string of the molecule is CCN(CC)Cc1cc(C(=O)NC2CCc3nn(C)c(=O)n3CC2)c(-c2ccccc2)o1. The number of nitrogens with zero attached hydrogens (tertiary/aromatic N) is 4. The summed E-state index contributed by atoms with van der Waals surface area (Å²) < 4.78 is 9.26. The van der Waals surface area contributed by atoms with Gasteiger partial charge < -0.3 is 9.73 Å². The average Bonchev–Trinajstić information content (AvgIpc) is 3.28. The molecule has 0 saturated heterocycles. The van der Waals surface area contributed by atoms with E-state index in [1.807, 2.05) is 36.4 Å². The van der Waals surface area contributed by atoms with Crippen molar-refractivity contribution in [2.75, 3.05) is 13.1 Å². The molecule has 8 nitrogen and oxygen atoms in total. The summed E-state index contributed by atoms with van der Waals surface area (Å²) in [6, 6.07) is 11.6. The molecule has 0 radical (unpaired) electrons. The molecule has 1 aliphatic heterocycles. The van der Waals surface area contributed by atoms with Crippen LogP contribution in [0.25, 0.3) is 11.3 Å². The molecule has 0 aliphatic carbocycles. The molecule has 0 fully saturated rings. The Morgan fingerprint density at radius 2 is 1.97 bits per heavy atom. The van der Waals surface area contributed by atoms with Crippen molar-refractivity contribution in [2.24, 2.45) is 7.05 Å². The third kappa shape index (κ3) is 4.55. The second-order valence-corrected chi connectivity index (χ2v) is 8.25. The molecule has 0 bridgehead atoms. The van der Waals surface area contributed by atoms with E-state index >= 15 is 0 Å². The van der Waals surface area contributed by atoms with Crippen LogP contribution in [0.5, 0.6) is 0 Å². The molecule has 1 aromatic carbocycles. The molecule has 1 amide bonds. The van der Waals surface area contributed by atoms with Crippen molar-refractivity contribution < 1.29 is 9.21 Å². The summed E-state index contributed by atoms with van der Waals surface area (Å²) in [4.78, 5) is 27.8. The highest BCUT2D eigenvalue weighted by Gasteiger charge is 2.25. The second kappa shape index (κ2) is 9.56. The quantitative estimate of drug-likeness (QED) is 0.614. The Balaban J connectivity index is 1.54. The number of benzene rings is 1. The van der Waals surface area contributed by atoms with E-state index in [0.717, 1.165) is 36.7 Å². The van der Waals surface area contributed by atoms with Gasteiger partial charge in [0.1, 0.15) is 17.3 Å². The van der Waals surface area contributed by atoms with Gasteiger partial charge in [-0.3, -0.25) is 14.3 Å². The first kappa shape index (κ1) is 22.1. The molecule has 170 valence electrons. The molecule has 1 atom stereocenters. The largest absolute Gasteiger partial charge is 0.459 e. The van der Waals surface area contributed by atoms with Crippen LogP contribution in [-0.4, -0.2) is 44.3 Å². The highest BCUT2D eigenvalue weighted by Crippen LogP contribution is 2.28. The van der Waals surface area contributed by atoms with Gasteiger partial charge in [-0.2, -0.15) is 5.10 Å². The lowest BCUT2D eigenvalue weighted by atomic mass is 10.1. The number of aryl methyl sites for hydroxylation is 2. The molecule has 3 heterocycles. The lowest BCUT2D eigenvalue weighted by molar-refractivity contribution is 0.0933. The average molecular weight is 438 g/mol. The summed E-state index contributed by atoms with van der Waals surface area (Å²) in [7, 11) is 1.67. The molecule has 1 unspecified atom stereocenters. The van der Waals surface area contributed by atoms with Crippen molar-refractivity contribution in [3.63, 3.8) is 0 Å². The third-order valence-corrected chi connectivity index (χ3v) is 6.18. The number of furan rings is 1. The van der Waals surface area contributed by atoms with Crippen LogP contribution in [-0.2, 0) is 26.6 Å². The number of rotatable bonds is 7. The summed E-state index contributed by atoms with van der Waals surface area (Å²) in [6.07, 6.45) is 2.09. The van der Waals surface area contributed by atoms with Crippen LogP contribution < -0.4 is 11.0 Å². The Hall–Kier alpha value is -3.13. The standard InChI is InChI=1S/C24H31N5O3/c1-4-28(5-2)16-19-15-20(22(32-19)17-9-7-6-8-10-17)23(30)25-18-11-12-21-26-27(3)24(31)29(21)14-13-18/h6-10,15,18H,4-5,11-14,16H2,1-3H3,(H,25,30). The van der Waals surface area contributed by atoms with E-state index in [2.05, 4.69) is 29.2 Å². The molecule has 32 heavy (non-hydrogen) atoms. The summed E-state index contributed by atoms with van der Waals surface area (Å²) in [5, 5.41) is 7.49. The van der Waals surface area contributed by atoms with E-state index in [1.165, 1.54) is 4.68 Å². The maximum Gasteiger partial charge on any atom is 0.345 e. The minimum atomic E-state index is -0.143. The molecule has 0 spiro atoms. The van der Waals surface area contributed by atoms with Crippen molar-refractivity contribution in [1.82, 2.24) is 24.6 Å². The molecule has 3 aromatic rings. The molecule has 8 heteroatoms. The maximum atomic E-state index is 13.3. The topological polar surface area (TPSA) is 85.3 Å². The summed E-state index contributed by atoms with van der Waals surface area (Å²) in [5.41, 5.74) is 1.33. The van der Waals surface area contributed by atoms with E-state index in [-0.39, 0.29) is 17.6 Å². The number of hydrogen-bond acceptors (Lipinski definition) is 5. The van der Waals surface area contributed by atoms with Gasteiger partial charge in [0.25, 0.3) is 5.91 Å². The van der Waals surface area contributed by atoms with Gasteiger partial charge in [0, 0.05) is 31.6 Å². The summed E-state index contributed by atoms with van der Waals surface area (Å²) in [5.74, 6) is 2.02. The van der Waals surface area contributed by atoms with E-state index in [0.29, 0.717) is 37.3 Å². The van der Waals surface area contributed by atoms with Crippen LogP contribution in [0.15, 0.2) is 45.6 Å². The predicted molar refractivity (Wildman–Crippen MR) is 122 cm³/mol.